The molecule has 0 bridgehead atoms. The Bertz CT molecular complexity index is 953. The van der Waals surface area contributed by atoms with E-state index in [1.165, 1.54) is 5.69 Å². The fourth-order valence-electron chi connectivity index (χ4n) is 4.69. The molecule has 3 aliphatic heterocycles. The Labute approximate surface area is 171 Å². The van der Waals surface area contributed by atoms with E-state index in [0.717, 1.165) is 53.3 Å². The Morgan fingerprint density at radius 2 is 1.96 bits per heavy atom. The van der Waals surface area contributed by atoms with Gasteiger partial charge in [-0.25, -0.2) is 0 Å². The van der Waals surface area contributed by atoms with Gasteiger partial charge >= 0.3 is 0 Å². The minimum Gasteiger partial charge on any atom is -0.371 e. The molecule has 2 aromatic rings. The van der Waals surface area contributed by atoms with Crippen LogP contribution in [0.1, 0.15) is 33.5 Å². The monoisotopic (exact) mass is 393 g/mol. The number of rotatable bonds is 3. The number of hydrogen-bond acceptors (Lipinski definition) is 3. The molecule has 28 heavy (non-hydrogen) atoms. The topological polar surface area (TPSA) is 26.8 Å². The van der Waals surface area contributed by atoms with Crippen LogP contribution in [-0.4, -0.2) is 41.4 Å². The van der Waals surface area contributed by atoms with Crippen molar-refractivity contribution in [2.75, 3.05) is 24.5 Å². The fraction of sp³-hybridized carbons (Fsp3) is 0.348. The van der Waals surface area contributed by atoms with Crippen LogP contribution < -0.4 is 4.90 Å². The lowest BCUT2D eigenvalue weighted by atomic mass is 10.0. The molecule has 1 amide bonds. The quantitative estimate of drug-likeness (QED) is 0.781. The molecule has 4 nitrogen and oxygen atoms in total. The van der Waals surface area contributed by atoms with Crippen LogP contribution in [0.25, 0.3) is 0 Å². The van der Waals surface area contributed by atoms with Crippen molar-refractivity contribution in [3.05, 3.63) is 76.0 Å². The molecule has 0 radical (unpaired) electrons. The molecule has 0 N–H and O–H groups in total. The number of nitrogens with zero attached hydrogens (tertiary/aromatic N) is 3. The number of benzene rings is 2. The van der Waals surface area contributed by atoms with Gasteiger partial charge in [-0.15, -0.1) is 0 Å². The van der Waals surface area contributed by atoms with Crippen molar-refractivity contribution in [2.24, 2.45) is 0 Å². The molecular formula is C23H24ClN3O. The van der Waals surface area contributed by atoms with E-state index in [-0.39, 0.29) is 5.91 Å². The molecule has 0 aromatic heterocycles. The summed E-state index contributed by atoms with van der Waals surface area (Å²) in [5.41, 5.74) is 5.49. The lowest BCUT2D eigenvalue weighted by Crippen LogP contribution is -2.49. The molecule has 3 aliphatic rings. The Morgan fingerprint density at radius 3 is 2.79 bits per heavy atom. The maximum Gasteiger partial charge on any atom is 0.255 e. The zero-order valence-corrected chi connectivity index (χ0v) is 16.8. The summed E-state index contributed by atoms with van der Waals surface area (Å²) in [6.45, 7) is 6.51. The largest absolute Gasteiger partial charge is 0.371 e. The van der Waals surface area contributed by atoms with Crippen LogP contribution in [0.5, 0.6) is 0 Å². The van der Waals surface area contributed by atoms with Crippen LogP contribution in [0, 0.1) is 6.92 Å². The smallest absolute Gasteiger partial charge is 0.255 e. The Morgan fingerprint density at radius 1 is 1.14 bits per heavy atom. The average molecular weight is 394 g/mol. The summed E-state index contributed by atoms with van der Waals surface area (Å²) in [5, 5.41) is 0.720. The highest BCUT2D eigenvalue weighted by atomic mass is 35.5. The van der Waals surface area contributed by atoms with Crippen molar-refractivity contribution >= 4 is 23.2 Å². The third kappa shape index (κ3) is 3.06. The van der Waals surface area contributed by atoms with E-state index in [2.05, 4.69) is 41.1 Å². The van der Waals surface area contributed by atoms with E-state index in [4.69, 9.17) is 11.6 Å². The normalized spacial score (nSPS) is 20.7. The van der Waals surface area contributed by atoms with Crippen molar-refractivity contribution in [3.8, 4) is 0 Å². The number of hydrogen-bond donors (Lipinski definition) is 0. The third-order valence-corrected chi connectivity index (χ3v) is 6.40. The van der Waals surface area contributed by atoms with Crippen LogP contribution >= 0.6 is 11.6 Å². The number of aryl methyl sites for hydroxylation is 1. The highest BCUT2D eigenvalue weighted by Gasteiger charge is 2.32. The third-order valence-electron chi connectivity index (χ3n) is 6.15. The first-order chi connectivity index (χ1) is 13.6. The maximum absolute atomic E-state index is 13.0. The van der Waals surface area contributed by atoms with E-state index in [1.54, 1.807) is 0 Å². The number of fused-ring (bicyclic) bond motifs is 2. The van der Waals surface area contributed by atoms with Crippen molar-refractivity contribution in [1.82, 2.24) is 9.80 Å². The molecule has 0 aliphatic carbocycles. The summed E-state index contributed by atoms with van der Waals surface area (Å²) in [7, 11) is 0. The van der Waals surface area contributed by atoms with Crippen LogP contribution in [0.2, 0.25) is 5.02 Å². The lowest BCUT2D eigenvalue weighted by Gasteiger charge is -2.39. The molecular weight excluding hydrogens is 370 g/mol. The summed E-state index contributed by atoms with van der Waals surface area (Å²) in [4.78, 5) is 19.9. The highest BCUT2D eigenvalue weighted by Crippen LogP contribution is 2.33. The second-order valence-corrected chi connectivity index (χ2v) is 8.48. The van der Waals surface area contributed by atoms with Gasteiger partial charge in [-0.1, -0.05) is 29.8 Å². The molecule has 1 atom stereocenters. The van der Waals surface area contributed by atoms with Gasteiger partial charge in [0, 0.05) is 55.0 Å². The van der Waals surface area contributed by atoms with Crippen molar-refractivity contribution in [1.29, 1.82) is 0 Å². The van der Waals surface area contributed by atoms with Crippen LogP contribution in [-0.2, 0) is 13.1 Å². The van der Waals surface area contributed by atoms with Gasteiger partial charge in [-0.3, -0.25) is 4.79 Å². The molecule has 1 saturated heterocycles. The Hall–Kier alpha value is -2.46. The van der Waals surface area contributed by atoms with E-state index >= 15 is 0 Å². The molecule has 3 heterocycles. The van der Waals surface area contributed by atoms with Crippen molar-refractivity contribution in [2.45, 2.75) is 32.5 Å². The van der Waals surface area contributed by atoms with Crippen molar-refractivity contribution < 1.29 is 4.79 Å². The highest BCUT2D eigenvalue weighted by molar-refractivity contribution is 6.30. The number of carbonyl (C=O) groups is 1. The molecule has 2 aromatic carbocycles. The SMILES string of the molecule is Cc1cc(N2CCN3C=CCC3C2)cc2c1C(=O)N(Cc1ccc(Cl)cc1)C2. The lowest BCUT2D eigenvalue weighted by molar-refractivity contribution is 0.0766. The second kappa shape index (κ2) is 6.85. The molecule has 5 heteroatoms. The Kier molecular flexibility index (Phi) is 4.31. The van der Waals surface area contributed by atoms with Gasteiger partial charge in [0.25, 0.3) is 5.91 Å². The standard InChI is InChI=1S/C23H24ClN3O/c1-16-11-21(26-10-9-25-8-2-3-20(25)15-26)12-18-14-27(23(28)22(16)18)13-17-4-6-19(24)7-5-17/h2,4-8,11-12,20H,3,9-10,13-15H2,1H3. The molecule has 1 unspecified atom stereocenters. The second-order valence-electron chi connectivity index (χ2n) is 8.04. The zero-order valence-electron chi connectivity index (χ0n) is 16.1. The predicted octanol–water partition coefficient (Wildman–Crippen LogP) is 4.21. The number of anilines is 1. The molecule has 144 valence electrons. The first-order valence-corrected chi connectivity index (χ1v) is 10.3. The molecule has 0 spiro atoms. The average Bonchev–Trinajstić information content (AvgIpc) is 3.28. The molecule has 5 rings (SSSR count). The predicted molar refractivity (Wildman–Crippen MR) is 113 cm³/mol. The number of halogens is 1. The van der Waals surface area contributed by atoms with Gasteiger partial charge in [-0.2, -0.15) is 0 Å². The Balaban J connectivity index is 1.37. The summed E-state index contributed by atoms with van der Waals surface area (Å²) < 4.78 is 0. The summed E-state index contributed by atoms with van der Waals surface area (Å²) in [6, 6.07) is 12.8. The van der Waals surface area contributed by atoms with Crippen molar-refractivity contribution in [3.63, 3.8) is 0 Å². The summed E-state index contributed by atoms with van der Waals surface area (Å²) in [6.07, 6.45) is 5.65. The van der Waals surface area contributed by atoms with Gasteiger partial charge in [0.1, 0.15) is 0 Å². The van der Waals surface area contributed by atoms with Gasteiger partial charge in [0.15, 0.2) is 0 Å². The van der Waals surface area contributed by atoms with Crippen LogP contribution in [0.3, 0.4) is 0 Å². The van der Waals surface area contributed by atoms with E-state index in [0.29, 0.717) is 19.1 Å². The number of carbonyl (C=O) groups excluding carboxylic acids is 1. The number of amides is 1. The van der Waals surface area contributed by atoms with Crippen LogP contribution in [0.15, 0.2) is 48.7 Å². The fourth-order valence-corrected chi connectivity index (χ4v) is 4.82. The molecule has 1 fully saturated rings. The van der Waals surface area contributed by atoms with Gasteiger partial charge in [0.2, 0.25) is 0 Å². The maximum atomic E-state index is 13.0. The van der Waals surface area contributed by atoms with Gasteiger partial charge in [0.05, 0.1) is 0 Å². The minimum atomic E-state index is 0.138. The molecule has 0 saturated carbocycles. The van der Waals surface area contributed by atoms with E-state index in [1.807, 2.05) is 29.2 Å². The van der Waals surface area contributed by atoms with Crippen LogP contribution in [0.4, 0.5) is 5.69 Å². The van der Waals surface area contributed by atoms with E-state index in [9.17, 15) is 4.79 Å². The summed E-state index contributed by atoms with van der Waals surface area (Å²) in [5.74, 6) is 0.138. The first kappa shape index (κ1) is 17.6. The van der Waals surface area contributed by atoms with Gasteiger partial charge in [-0.05, 0) is 60.5 Å². The zero-order chi connectivity index (χ0) is 19.3. The van der Waals surface area contributed by atoms with Gasteiger partial charge < -0.3 is 14.7 Å². The van der Waals surface area contributed by atoms with E-state index < -0.39 is 0 Å². The summed E-state index contributed by atoms with van der Waals surface area (Å²) >= 11 is 5.98. The number of piperazine rings is 1. The first-order valence-electron chi connectivity index (χ1n) is 9.93. The minimum absolute atomic E-state index is 0.138.